The van der Waals surface area contributed by atoms with E-state index in [0.717, 1.165) is 5.56 Å². The average molecular weight is 357 g/mol. The van der Waals surface area contributed by atoms with Crippen molar-refractivity contribution in [1.82, 2.24) is 9.55 Å². The van der Waals surface area contributed by atoms with Gasteiger partial charge in [-0.3, -0.25) is 9.59 Å². The fourth-order valence-corrected chi connectivity index (χ4v) is 3.72. The Balaban J connectivity index is 2.18. The summed E-state index contributed by atoms with van der Waals surface area (Å²) in [7, 11) is 3.37. The number of fused-ring (bicyclic) bond motifs is 1. The van der Waals surface area contributed by atoms with Gasteiger partial charge in [0.1, 0.15) is 11.6 Å². The third kappa shape index (κ3) is 3.19. The number of hydrogen-bond acceptors (Lipinski definition) is 5. The predicted molar refractivity (Wildman–Crippen MR) is 98.5 cm³/mol. The summed E-state index contributed by atoms with van der Waals surface area (Å²) in [5, 5.41) is 3.37. The van der Waals surface area contributed by atoms with Gasteiger partial charge in [-0.1, -0.05) is 36.0 Å². The van der Waals surface area contributed by atoms with E-state index in [9.17, 15) is 9.59 Å². The number of carbonyl (C=O) groups excluding carboxylic acids is 1. The monoisotopic (exact) mass is 357 g/mol. The van der Waals surface area contributed by atoms with Gasteiger partial charge in [0.05, 0.1) is 12.7 Å². The highest BCUT2D eigenvalue weighted by Gasteiger charge is 2.33. The van der Waals surface area contributed by atoms with Gasteiger partial charge in [-0.25, -0.2) is 0 Å². The van der Waals surface area contributed by atoms with Gasteiger partial charge in [0.25, 0.3) is 5.56 Å². The van der Waals surface area contributed by atoms with E-state index in [1.165, 1.54) is 11.8 Å². The molecule has 2 aromatic rings. The Bertz CT molecular complexity index is 892. The van der Waals surface area contributed by atoms with Crippen molar-refractivity contribution in [3.63, 3.8) is 0 Å². The van der Waals surface area contributed by atoms with Crippen molar-refractivity contribution in [2.75, 3.05) is 18.2 Å². The molecule has 7 heteroatoms. The molecule has 1 atom stereocenters. The van der Waals surface area contributed by atoms with Crippen LogP contribution in [0.1, 0.15) is 23.5 Å². The zero-order valence-corrected chi connectivity index (χ0v) is 14.9. The first kappa shape index (κ1) is 17.3. The van der Waals surface area contributed by atoms with Crippen LogP contribution in [0.4, 0.5) is 5.82 Å². The highest BCUT2D eigenvalue weighted by Crippen LogP contribution is 2.39. The molecule has 2 heterocycles. The number of aromatic nitrogens is 2. The van der Waals surface area contributed by atoms with E-state index in [2.05, 4.69) is 16.9 Å². The Labute approximate surface area is 149 Å². The molecule has 6 nitrogen and oxygen atoms in total. The lowest BCUT2D eigenvalue weighted by Crippen LogP contribution is -2.33. The Morgan fingerprint density at radius 2 is 2.20 bits per heavy atom. The second-order valence-corrected chi connectivity index (χ2v) is 6.65. The second-order valence-electron chi connectivity index (χ2n) is 5.67. The van der Waals surface area contributed by atoms with E-state index >= 15 is 0 Å². The summed E-state index contributed by atoms with van der Waals surface area (Å²) < 4.78 is 7.17. The number of para-hydroxylation sites is 1. The number of ether oxygens (including phenoxy) is 1. The van der Waals surface area contributed by atoms with Gasteiger partial charge < -0.3 is 14.6 Å². The van der Waals surface area contributed by atoms with Crippen LogP contribution >= 0.6 is 11.8 Å². The van der Waals surface area contributed by atoms with Gasteiger partial charge in [0.2, 0.25) is 5.91 Å². The molecule has 1 aromatic heterocycles. The van der Waals surface area contributed by atoms with Crippen molar-refractivity contribution in [2.45, 2.75) is 17.5 Å². The number of amides is 1. The van der Waals surface area contributed by atoms with Crippen LogP contribution in [0.2, 0.25) is 0 Å². The molecule has 0 bridgehead atoms. The van der Waals surface area contributed by atoms with Crippen molar-refractivity contribution in [2.24, 2.45) is 7.05 Å². The topological polar surface area (TPSA) is 73.2 Å². The van der Waals surface area contributed by atoms with Gasteiger partial charge in [-0.05, 0) is 6.07 Å². The normalized spacial score (nSPS) is 16.1. The molecule has 130 valence electrons. The van der Waals surface area contributed by atoms with Gasteiger partial charge in [0.15, 0.2) is 5.16 Å². The van der Waals surface area contributed by atoms with Crippen molar-refractivity contribution in [1.29, 1.82) is 0 Å². The number of benzene rings is 1. The van der Waals surface area contributed by atoms with E-state index in [-0.39, 0.29) is 23.8 Å². The summed E-state index contributed by atoms with van der Waals surface area (Å²) in [4.78, 5) is 29.2. The van der Waals surface area contributed by atoms with Crippen LogP contribution in [-0.4, -0.2) is 28.3 Å². The number of carbonyl (C=O) groups is 1. The SMILES string of the molecule is C=CCSc1nc(=O)c2c(n1C)NC(=O)CC2c1ccccc1OC. The first-order valence-corrected chi connectivity index (χ1v) is 8.82. The van der Waals surface area contributed by atoms with E-state index in [0.29, 0.717) is 28.0 Å². The Morgan fingerprint density at radius 3 is 2.92 bits per heavy atom. The molecular weight excluding hydrogens is 338 g/mol. The summed E-state index contributed by atoms with van der Waals surface area (Å²) in [5.74, 6) is 1.26. The molecule has 0 saturated heterocycles. The molecular formula is C18H19N3O3S. The molecule has 1 amide bonds. The first-order valence-electron chi connectivity index (χ1n) is 7.84. The van der Waals surface area contributed by atoms with Crippen LogP contribution in [0.25, 0.3) is 0 Å². The average Bonchev–Trinajstić information content (AvgIpc) is 2.62. The number of nitrogens with zero attached hydrogens (tertiary/aromatic N) is 2. The predicted octanol–water partition coefficient (Wildman–Crippen LogP) is 2.54. The Kier molecular flexibility index (Phi) is 4.94. The third-order valence-electron chi connectivity index (χ3n) is 4.15. The van der Waals surface area contributed by atoms with Gasteiger partial charge in [0, 0.05) is 30.7 Å². The summed E-state index contributed by atoms with van der Waals surface area (Å²) >= 11 is 1.40. The number of anilines is 1. The number of rotatable bonds is 5. The van der Waals surface area contributed by atoms with Crippen LogP contribution in [0.15, 0.2) is 46.9 Å². The summed E-state index contributed by atoms with van der Waals surface area (Å²) in [6.07, 6.45) is 1.93. The van der Waals surface area contributed by atoms with Crippen molar-refractivity contribution in [3.8, 4) is 5.75 Å². The molecule has 1 aliphatic rings. The van der Waals surface area contributed by atoms with Crippen LogP contribution in [-0.2, 0) is 11.8 Å². The third-order valence-corrected chi connectivity index (χ3v) is 5.17. The maximum Gasteiger partial charge on any atom is 0.279 e. The van der Waals surface area contributed by atoms with Crippen LogP contribution in [0.5, 0.6) is 5.75 Å². The van der Waals surface area contributed by atoms with E-state index < -0.39 is 0 Å². The Hall–Kier alpha value is -2.54. The fourth-order valence-electron chi connectivity index (χ4n) is 3.02. The lowest BCUT2D eigenvalue weighted by Gasteiger charge is -2.28. The Morgan fingerprint density at radius 1 is 1.44 bits per heavy atom. The van der Waals surface area contributed by atoms with E-state index in [1.54, 1.807) is 24.8 Å². The molecule has 0 spiro atoms. The van der Waals surface area contributed by atoms with Gasteiger partial charge in [-0.15, -0.1) is 6.58 Å². The zero-order valence-electron chi connectivity index (χ0n) is 14.1. The highest BCUT2D eigenvalue weighted by molar-refractivity contribution is 7.99. The molecule has 1 N–H and O–H groups in total. The zero-order chi connectivity index (χ0) is 18.0. The first-order chi connectivity index (χ1) is 12.1. The fraction of sp³-hybridized carbons (Fsp3) is 0.278. The molecule has 0 fully saturated rings. The summed E-state index contributed by atoms with van der Waals surface area (Å²) in [6.45, 7) is 3.68. The van der Waals surface area contributed by atoms with Crippen molar-refractivity contribution < 1.29 is 9.53 Å². The number of hydrogen-bond donors (Lipinski definition) is 1. The molecule has 1 aliphatic heterocycles. The van der Waals surface area contributed by atoms with Gasteiger partial charge >= 0.3 is 0 Å². The number of nitrogens with one attached hydrogen (secondary N) is 1. The molecule has 1 aromatic carbocycles. The quantitative estimate of drug-likeness (QED) is 0.506. The molecule has 1 unspecified atom stereocenters. The smallest absolute Gasteiger partial charge is 0.279 e. The minimum Gasteiger partial charge on any atom is -0.496 e. The van der Waals surface area contributed by atoms with E-state index in [4.69, 9.17) is 4.74 Å². The maximum absolute atomic E-state index is 12.7. The number of thioether (sulfide) groups is 1. The second kappa shape index (κ2) is 7.14. The van der Waals surface area contributed by atoms with Crippen LogP contribution < -0.4 is 15.6 Å². The number of methoxy groups -OCH3 is 1. The lowest BCUT2D eigenvalue weighted by molar-refractivity contribution is -0.116. The molecule has 25 heavy (non-hydrogen) atoms. The maximum atomic E-state index is 12.7. The highest BCUT2D eigenvalue weighted by atomic mass is 32.2. The molecule has 0 saturated carbocycles. The van der Waals surface area contributed by atoms with Crippen LogP contribution in [0.3, 0.4) is 0 Å². The largest absolute Gasteiger partial charge is 0.496 e. The van der Waals surface area contributed by atoms with E-state index in [1.807, 2.05) is 24.3 Å². The standard InChI is InChI=1S/C18H19N3O3S/c1-4-9-25-18-20-17(23)15-12(10-14(22)19-16(15)21(18)2)11-7-5-6-8-13(11)24-3/h4-8,12H,1,9-10H2,2-3H3,(H,19,22). The molecule has 3 rings (SSSR count). The van der Waals surface area contributed by atoms with Gasteiger partial charge in [-0.2, -0.15) is 4.98 Å². The lowest BCUT2D eigenvalue weighted by atomic mass is 9.86. The van der Waals surface area contributed by atoms with Crippen molar-refractivity contribution >= 4 is 23.5 Å². The van der Waals surface area contributed by atoms with Crippen molar-refractivity contribution in [3.05, 3.63) is 58.4 Å². The minimum atomic E-state index is -0.385. The minimum absolute atomic E-state index is 0.135. The van der Waals surface area contributed by atoms with Crippen LogP contribution in [0, 0.1) is 0 Å². The summed E-state index contributed by atoms with van der Waals surface area (Å²) in [5.41, 5.74) is 0.983. The molecule has 0 aliphatic carbocycles. The molecule has 0 radical (unpaired) electrons. The summed E-state index contributed by atoms with van der Waals surface area (Å²) in [6, 6.07) is 7.44.